The molecule has 2 heterocycles. The fraction of sp³-hybridized carbons (Fsp3) is 0.632. The van der Waals surface area contributed by atoms with Gasteiger partial charge in [0.1, 0.15) is 5.75 Å². The van der Waals surface area contributed by atoms with Crippen molar-refractivity contribution in [3.63, 3.8) is 0 Å². The van der Waals surface area contributed by atoms with Gasteiger partial charge in [-0.3, -0.25) is 4.79 Å². The first-order valence-corrected chi connectivity index (χ1v) is 8.73. The molecule has 0 aliphatic carbocycles. The summed E-state index contributed by atoms with van der Waals surface area (Å²) in [5, 5.41) is 0. The van der Waals surface area contributed by atoms with E-state index >= 15 is 0 Å². The zero-order valence-corrected chi connectivity index (χ0v) is 14.6. The van der Waals surface area contributed by atoms with E-state index in [1.54, 1.807) is 7.11 Å². The quantitative estimate of drug-likeness (QED) is 0.767. The molecule has 0 saturated carbocycles. The molecule has 1 aromatic carbocycles. The Morgan fingerprint density at radius 2 is 2.17 bits per heavy atom. The lowest BCUT2D eigenvalue weighted by Crippen LogP contribution is -2.37. The smallest absolute Gasteiger partial charge is 0.222 e. The number of nitrogens with zero attached hydrogens (tertiary/aromatic N) is 1. The van der Waals surface area contributed by atoms with Gasteiger partial charge in [0.05, 0.1) is 26.4 Å². The zero-order chi connectivity index (χ0) is 17.0. The predicted octanol–water partition coefficient (Wildman–Crippen LogP) is 2.14. The average Bonchev–Trinajstić information content (AvgIpc) is 3.11. The standard InChI is InChI=1S/C19H27NO4/c1-3-24-17-7-4-15(5-8-17)6-9-18(21)20-10-16-11-23-14-19(16,12-20)13-22-2/h4-5,7-8,16H,3,6,9-14H2,1-2H3/t16-,19-/m0/s1. The molecule has 132 valence electrons. The molecule has 2 saturated heterocycles. The van der Waals surface area contributed by atoms with Gasteiger partial charge in [-0.15, -0.1) is 0 Å². The Bertz CT molecular complexity index is 559. The highest BCUT2D eigenvalue weighted by Gasteiger charge is 2.51. The first-order chi connectivity index (χ1) is 11.7. The summed E-state index contributed by atoms with van der Waals surface area (Å²) in [4.78, 5) is 14.6. The first kappa shape index (κ1) is 17.2. The minimum Gasteiger partial charge on any atom is -0.494 e. The van der Waals surface area contributed by atoms with Gasteiger partial charge in [-0.2, -0.15) is 0 Å². The number of methoxy groups -OCH3 is 1. The molecule has 0 spiro atoms. The number of aryl methyl sites for hydroxylation is 1. The van der Waals surface area contributed by atoms with Gasteiger partial charge in [-0.1, -0.05) is 12.1 Å². The number of ether oxygens (including phenoxy) is 3. The van der Waals surface area contributed by atoms with E-state index in [9.17, 15) is 4.79 Å². The molecule has 5 heteroatoms. The van der Waals surface area contributed by atoms with Gasteiger partial charge in [-0.05, 0) is 31.0 Å². The third-order valence-electron chi connectivity index (χ3n) is 5.17. The van der Waals surface area contributed by atoms with Crippen LogP contribution in [0.2, 0.25) is 0 Å². The van der Waals surface area contributed by atoms with Crippen LogP contribution in [0.15, 0.2) is 24.3 Å². The molecule has 0 radical (unpaired) electrons. The molecule has 2 atom stereocenters. The van der Waals surface area contributed by atoms with Crippen LogP contribution in [0, 0.1) is 11.3 Å². The summed E-state index contributed by atoms with van der Waals surface area (Å²) < 4.78 is 16.5. The summed E-state index contributed by atoms with van der Waals surface area (Å²) in [7, 11) is 1.72. The van der Waals surface area contributed by atoms with Crippen LogP contribution in [0.3, 0.4) is 0 Å². The molecule has 0 aromatic heterocycles. The van der Waals surface area contributed by atoms with E-state index in [-0.39, 0.29) is 11.3 Å². The van der Waals surface area contributed by atoms with Crippen molar-refractivity contribution in [2.24, 2.45) is 11.3 Å². The molecular weight excluding hydrogens is 306 g/mol. The molecule has 0 unspecified atom stereocenters. The van der Waals surface area contributed by atoms with Crippen LogP contribution in [0.1, 0.15) is 18.9 Å². The normalized spacial score (nSPS) is 25.8. The van der Waals surface area contributed by atoms with E-state index < -0.39 is 0 Å². The Kier molecular flexibility index (Phi) is 5.41. The number of rotatable bonds is 7. The van der Waals surface area contributed by atoms with E-state index in [4.69, 9.17) is 14.2 Å². The van der Waals surface area contributed by atoms with Crippen LogP contribution >= 0.6 is 0 Å². The molecule has 5 nitrogen and oxygen atoms in total. The van der Waals surface area contributed by atoms with Crippen molar-refractivity contribution < 1.29 is 19.0 Å². The second-order valence-corrected chi connectivity index (χ2v) is 6.86. The van der Waals surface area contributed by atoms with Gasteiger partial charge >= 0.3 is 0 Å². The lowest BCUT2D eigenvalue weighted by atomic mass is 9.82. The van der Waals surface area contributed by atoms with Gasteiger partial charge in [0, 0.05) is 38.0 Å². The van der Waals surface area contributed by atoms with Crippen LogP contribution in [-0.2, 0) is 20.7 Å². The maximum Gasteiger partial charge on any atom is 0.222 e. The Balaban J connectivity index is 1.52. The van der Waals surface area contributed by atoms with Gasteiger partial charge < -0.3 is 19.1 Å². The fourth-order valence-electron chi connectivity index (χ4n) is 3.84. The molecule has 1 amide bonds. The Morgan fingerprint density at radius 3 is 2.88 bits per heavy atom. The first-order valence-electron chi connectivity index (χ1n) is 8.73. The molecule has 24 heavy (non-hydrogen) atoms. The zero-order valence-electron chi connectivity index (χ0n) is 14.6. The number of benzene rings is 1. The predicted molar refractivity (Wildman–Crippen MR) is 91.1 cm³/mol. The molecular formula is C19H27NO4. The second kappa shape index (κ2) is 7.53. The van der Waals surface area contributed by atoms with Crippen LogP contribution < -0.4 is 4.74 Å². The van der Waals surface area contributed by atoms with E-state index in [0.717, 1.165) is 31.9 Å². The number of fused-ring (bicyclic) bond motifs is 1. The SMILES string of the molecule is CCOc1ccc(CCC(=O)N2C[C@H]3COC[C@@]3(COC)C2)cc1. The molecule has 0 bridgehead atoms. The monoisotopic (exact) mass is 333 g/mol. The molecule has 1 aromatic rings. The summed E-state index contributed by atoms with van der Waals surface area (Å²) in [5.41, 5.74) is 1.17. The van der Waals surface area contributed by atoms with Crippen molar-refractivity contribution in [1.29, 1.82) is 0 Å². The number of carbonyl (C=O) groups excluding carboxylic acids is 1. The third kappa shape index (κ3) is 3.57. The number of carbonyl (C=O) groups is 1. The highest BCUT2D eigenvalue weighted by Crippen LogP contribution is 2.41. The van der Waals surface area contributed by atoms with Gasteiger partial charge in [0.15, 0.2) is 0 Å². The van der Waals surface area contributed by atoms with Crippen molar-refractivity contribution in [1.82, 2.24) is 4.90 Å². The highest BCUT2D eigenvalue weighted by molar-refractivity contribution is 5.77. The lowest BCUT2D eigenvalue weighted by molar-refractivity contribution is -0.131. The number of hydrogen-bond donors (Lipinski definition) is 0. The minimum atomic E-state index is 0.00352. The molecule has 0 N–H and O–H groups in total. The summed E-state index contributed by atoms with van der Waals surface area (Å²) in [5.74, 6) is 1.52. The van der Waals surface area contributed by atoms with Crippen LogP contribution in [0.5, 0.6) is 5.75 Å². The summed E-state index contributed by atoms with van der Waals surface area (Å²) in [6.07, 6.45) is 1.31. The Labute approximate surface area is 143 Å². The minimum absolute atomic E-state index is 0.00352. The van der Waals surface area contributed by atoms with Gasteiger partial charge in [0.2, 0.25) is 5.91 Å². The number of hydrogen-bond acceptors (Lipinski definition) is 4. The number of likely N-dealkylation sites (tertiary alicyclic amines) is 1. The van der Waals surface area contributed by atoms with Crippen molar-refractivity contribution in [2.45, 2.75) is 19.8 Å². The van der Waals surface area contributed by atoms with E-state index in [1.165, 1.54) is 5.56 Å². The summed E-state index contributed by atoms with van der Waals surface area (Å²) >= 11 is 0. The molecule has 2 aliphatic heterocycles. The summed E-state index contributed by atoms with van der Waals surface area (Å²) in [6.45, 7) is 6.31. The maximum atomic E-state index is 12.6. The van der Waals surface area contributed by atoms with E-state index in [1.807, 2.05) is 36.1 Å². The van der Waals surface area contributed by atoms with E-state index in [2.05, 4.69) is 0 Å². The largest absolute Gasteiger partial charge is 0.494 e. The second-order valence-electron chi connectivity index (χ2n) is 6.86. The Hall–Kier alpha value is -1.59. The topological polar surface area (TPSA) is 48.0 Å². The molecule has 2 fully saturated rings. The lowest BCUT2D eigenvalue weighted by Gasteiger charge is -2.26. The average molecular weight is 333 g/mol. The van der Waals surface area contributed by atoms with Crippen molar-refractivity contribution in [2.75, 3.05) is 46.6 Å². The van der Waals surface area contributed by atoms with Gasteiger partial charge in [-0.25, -0.2) is 0 Å². The highest BCUT2D eigenvalue weighted by atomic mass is 16.5. The summed E-state index contributed by atoms with van der Waals surface area (Å²) in [6, 6.07) is 8.01. The van der Waals surface area contributed by atoms with Crippen LogP contribution in [-0.4, -0.2) is 57.4 Å². The third-order valence-corrected chi connectivity index (χ3v) is 5.17. The van der Waals surface area contributed by atoms with Crippen molar-refractivity contribution in [3.05, 3.63) is 29.8 Å². The fourth-order valence-corrected chi connectivity index (χ4v) is 3.84. The van der Waals surface area contributed by atoms with Crippen LogP contribution in [0.4, 0.5) is 0 Å². The van der Waals surface area contributed by atoms with Crippen molar-refractivity contribution in [3.8, 4) is 5.75 Å². The molecule has 2 aliphatic rings. The number of amides is 1. The Morgan fingerprint density at radius 1 is 1.38 bits per heavy atom. The van der Waals surface area contributed by atoms with E-state index in [0.29, 0.717) is 32.2 Å². The van der Waals surface area contributed by atoms with Gasteiger partial charge in [0.25, 0.3) is 0 Å². The maximum absolute atomic E-state index is 12.6. The van der Waals surface area contributed by atoms with Crippen molar-refractivity contribution >= 4 is 5.91 Å². The van der Waals surface area contributed by atoms with Crippen LogP contribution in [0.25, 0.3) is 0 Å². The molecule has 3 rings (SSSR count).